The second-order valence-corrected chi connectivity index (χ2v) is 5.60. The number of benzene rings is 1. The van der Waals surface area contributed by atoms with Gasteiger partial charge in [-0.2, -0.15) is 9.97 Å². The van der Waals surface area contributed by atoms with Crippen molar-refractivity contribution in [2.24, 2.45) is 0 Å². The van der Waals surface area contributed by atoms with Gasteiger partial charge in [0.1, 0.15) is 23.5 Å². The minimum absolute atomic E-state index is 0.0519. The summed E-state index contributed by atoms with van der Waals surface area (Å²) in [5.74, 6) is -3.07. The van der Waals surface area contributed by atoms with Crippen LogP contribution in [0.3, 0.4) is 0 Å². The van der Waals surface area contributed by atoms with Crippen molar-refractivity contribution in [3.63, 3.8) is 0 Å². The van der Waals surface area contributed by atoms with E-state index in [1.807, 2.05) is 0 Å². The summed E-state index contributed by atoms with van der Waals surface area (Å²) in [5, 5.41) is 44.8. The van der Waals surface area contributed by atoms with E-state index in [1.54, 1.807) is 18.2 Å². The molecule has 0 unspecified atom stereocenters. The molecule has 2 heterocycles. The van der Waals surface area contributed by atoms with Gasteiger partial charge in [0.2, 0.25) is 0 Å². The lowest BCUT2D eigenvalue weighted by Gasteiger charge is -2.10. The van der Waals surface area contributed by atoms with Crippen LogP contribution < -0.4 is 5.32 Å². The van der Waals surface area contributed by atoms with Gasteiger partial charge in [-0.25, -0.2) is 4.39 Å². The molecule has 0 aliphatic carbocycles. The van der Waals surface area contributed by atoms with E-state index in [9.17, 15) is 24.7 Å². The zero-order valence-corrected chi connectivity index (χ0v) is 14.5. The molecule has 12 heteroatoms. The van der Waals surface area contributed by atoms with Gasteiger partial charge in [-0.15, -0.1) is 0 Å². The molecule has 0 atom stereocenters. The van der Waals surface area contributed by atoms with Crippen molar-refractivity contribution in [2.45, 2.75) is 6.54 Å². The minimum Gasteiger partial charge on any atom is -0.488 e. The van der Waals surface area contributed by atoms with E-state index >= 15 is 0 Å². The fraction of sp³-hybridized carbons (Fsp3) is 0.0588. The number of nitro groups is 1. The molecule has 0 bridgehead atoms. The molecule has 0 amide bonds. The van der Waals surface area contributed by atoms with Crippen molar-refractivity contribution in [3.8, 4) is 11.8 Å². The van der Waals surface area contributed by atoms with Crippen molar-refractivity contribution < 1.29 is 24.0 Å². The highest BCUT2D eigenvalue weighted by Crippen LogP contribution is 2.31. The number of hydrogen-bond acceptors (Lipinski definition) is 10. The highest BCUT2D eigenvalue weighted by Gasteiger charge is 2.25. The molecule has 148 valence electrons. The molecule has 0 aliphatic heterocycles. The van der Waals surface area contributed by atoms with Crippen molar-refractivity contribution >= 4 is 17.1 Å². The first-order valence-electron chi connectivity index (χ1n) is 8.00. The van der Waals surface area contributed by atoms with Gasteiger partial charge in [0.05, 0.1) is 10.6 Å². The summed E-state index contributed by atoms with van der Waals surface area (Å²) in [7, 11) is 0. The summed E-state index contributed by atoms with van der Waals surface area (Å²) >= 11 is 0. The quantitative estimate of drug-likeness (QED) is 0.263. The molecule has 3 aromatic rings. The molecule has 11 nitrogen and oxygen atoms in total. The standard InChI is InChI=1S/C17H13FN6O5/c18-10-4-2-1-3-9(10)8-20-13(12-5-6-29-23-12)7-11(19)15-21-16(25)14(24(27)28)17(26)22-15/h1-7,19-20H,8H2,(H2,21,22,25,26)/b13-7-,19-11?. The Morgan fingerprint density at radius 1 is 1.28 bits per heavy atom. The monoisotopic (exact) mass is 400 g/mol. The lowest BCUT2D eigenvalue weighted by atomic mass is 10.2. The van der Waals surface area contributed by atoms with Crippen LogP contribution in [-0.2, 0) is 6.54 Å². The van der Waals surface area contributed by atoms with Crippen molar-refractivity contribution in [2.75, 3.05) is 0 Å². The fourth-order valence-electron chi connectivity index (χ4n) is 2.32. The summed E-state index contributed by atoms with van der Waals surface area (Å²) in [6.45, 7) is 0.0519. The van der Waals surface area contributed by atoms with Crippen LogP contribution in [0.2, 0.25) is 0 Å². The number of hydrogen-bond donors (Lipinski definition) is 4. The van der Waals surface area contributed by atoms with E-state index in [4.69, 9.17) is 9.93 Å². The first-order chi connectivity index (χ1) is 13.9. The second kappa shape index (κ2) is 8.12. The van der Waals surface area contributed by atoms with E-state index in [1.165, 1.54) is 24.5 Å². The van der Waals surface area contributed by atoms with Crippen LogP contribution >= 0.6 is 0 Å². The number of nitrogens with zero attached hydrogens (tertiary/aromatic N) is 4. The third-order valence-corrected chi connectivity index (χ3v) is 3.70. The largest absolute Gasteiger partial charge is 0.488 e. The van der Waals surface area contributed by atoms with Crippen LogP contribution in [0.4, 0.5) is 10.1 Å². The zero-order valence-electron chi connectivity index (χ0n) is 14.5. The second-order valence-electron chi connectivity index (χ2n) is 5.60. The molecule has 1 aromatic carbocycles. The molecule has 29 heavy (non-hydrogen) atoms. The predicted molar refractivity (Wildman–Crippen MR) is 96.6 cm³/mol. The van der Waals surface area contributed by atoms with Crippen LogP contribution in [0, 0.1) is 21.3 Å². The Morgan fingerprint density at radius 3 is 2.55 bits per heavy atom. The molecule has 0 aliphatic rings. The highest BCUT2D eigenvalue weighted by molar-refractivity contribution is 6.07. The van der Waals surface area contributed by atoms with Crippen molar-refractivity contribution in [1.82, 2.24) is 20.4 Å². The van der Waals surface area contributed by atoms with Gasteiger partial charge in [0.25, 0.3) is 11.8 Å². The van der Waals surface area contributed by atoms with Gasteiger partial charge < -0.3 is 20.1 Å². The van der Waals surface area contributed by atoms with E-state index in [0.29, 0.717) is 5.56 Å². The molecule has 0 radical (unpaired) electrons. The minimum atomic E-state index is -1.09. The van der Waals surface area contributed by atoms with Crippen molar-refractivity contribution in [1.29, 1.82) is 5.41 Å². The molecular formula is C17H13FN6O5. The van der Waals surface area contributed by atoms with Crippen LogP contribution in [0.25, 0.3) is 5.70 Å². The zero-order chi connectivity index (χ0) is 21.0. The Balaban J connectivity index is 1.91. The van der Waals surface area contributed by atoms with Crippen LogP contribution in [-0.4, -0.2) is 36.0 Å². The van der Waals surface area contributed by atoms with E-state index < -0.39 is 39.7 Å². The summed E-state index contributed by atoms with van der Waals surface area (Å²) in [5.41, 5.74) is -0.617. The maximum absolute atomic E-state index is 13.8. The van der Waals surface area contributed by atoms with Crippen molar-refractivity contribution in [3.05, 3.63) is 75.7 Å². The number of nitrogens with one attached hydrogen (secondary N) is 2. The number of aromatic nitrogens is 3. The van der Waals surface area contributed by atoms with E-state index in [2.05, 4.69) is 20.4 Å². The molecule has 0 spiro atoms. The normalized spacial score (nSPS) is 11.3. The molecule has 4 N–H and O–H groups in total. The van der Waals surface area contributed by atoms with Crippen LogP contribution in [0.15, 0.2) is 47.2 Å². The molecular weight excluding hydrogens is 387 g/mol. The lowest BCUT2D eigenvalue weighted by molar-refractivity contribution is -0.387. The summed E-state index contributed by atoms with van der Waals surface area (Å²) in [4.78, 5) is 16.7. The number of allylic oxidation sites excluding steroid dienone is 1. The highest BCUT2D eigenvalue weighted by atomic mass is 19.1. The number of aromatic hydroxyl groups is 2. The van der Waals surface area contributed by atoms with Gasteiger partial charge >= 0.3 is 5.69 Å². The Bertz CT molecular complexity index is 1080. The summed E-state index contributed by atoms with van der Waals surface area (Å²) < 4.78 is 18.6. The van der Waals surface area contributed by atoms with Gasteiger partial charge in [-0.3, -0.25) is 15.5 Å². The maximum atomic E-state index is 13.8. The van der Waals surface area contributed by atoms with Crippen LogP contribution in [0.1, 0.15) is 17.1 Å². The van der Waals surface area contributed by atoms with Gasteiger partial charge in [-0.05, 0) is 12.1 Å². The average molecular weight is 400 g/mol. The fourth-order valence-corrected chi connectivity index (χ4v) is 2.32. The molecule has 3 rings (SSSR count). The Kier molecular flexibility index (Phi) is 5.44. The number of halogens is 1. The topological polar surface area (TPSA) is 171 Å². The smallest absolute Gasteiger partial charge is 0.391 e. The van der Waals surface area contributed by atoms with Crippen LogP contribution in [0.5, 0.6) is 11.8 Å². The number of rotatable bonds is 7. The first kappa shape index (κ1) is 19.4. The SMILES string of the molecule is N=C(/C=C(\NCc1ccccc1F)c1ccon1)c1nc(O)c([N+](=O)[O-])c(O)n1. The third-order valence-electron chi connectivity index (χ3n) is 3.70. The Morgan fingerprint density at radius 2 is 1.97 bits per heavy atom. The van der Waals surface area contributed by atoms with E-state index in [-0.39, 0.29) is 17.9 Å². The summed E-state index contributed by atoms with van der Waals surface area (Å²) in [6.07, 6.45) is 2.48. The molecule has 0 saturated carbocycles. The first-order valence-corrected chi connectivity index (χ1v) is 8.00. The third kappa shape index (κ3) is 4.32. The van der Waals surface area contributed by atoms with Gasteiger partial charge in [0, 0.05) is 18.2 Å². The average Bonchev–Trinajstić information content (AvgIpc) is 3.19. The Labute approximate surface area is 161 Å². The Hall–Kier alpha value is -4.35. The predicted octanol–water partition coefficient (Wildman–Crippen LogP) is 2.12. The molecule has 2 aromatic heterocycles. The lowest BCUT2D eigenvalue weighted by Crippen LogP contribution is -2.15. The maximum Gasteiger partial charge on any atom is 0.391 e. The van der Waals surface area contributed by atoms with Gasteiger partial charge in [0.15, 0.2) is 5.82 Å². The van der Waals surface area contributed by atoms with E-state index in [0.717, 1.165) is 0 Å². The molecule has 0 saturated heterocycles. The molecule has 0 fully saturated rings. The van der Waals surface area contributed by atoms with Gasteiger partial charge in [-0.1, -0.05) is 23.4 Å². The summed E-state index contributed by atoms with van der Waals surface area (Å²) in [6, 6.07) is 7.57.